The van der Waals surface area contributed by atoms with Gasteiger partial charge in [0.15, 0.2) is 6.10 Å². The lowest BCUT2D eigenvalue weighted by molar-refractivity contribution is -0.146. The van der Waals surface area contributed by atoms with E-state index in [1.165, 1.54) is 32.1 Å². The van der Waals surface area contributed by atoms with E-state index in [0.29, 0.717) is 6.42 Å². The van der Waals surface area contributed by atoms with Gasteiger partial charge in [0.1, 0.15) is 0 Å². The molecule has 0 spiro atoms. The van der Waals surface area contributed by atoms with Gasteiger partial charge in [-0.25, -0.2) is 4.79 Å². The Morgan fingerprint density at radius 1 is 0.947 bits per heavy atom. The minimum atomic E-state index is -1.18. The Bertz CT molecular complexity index is 236. The monoisotopic (exact) mass is 270 g/mol. The van der Waals surface area contributed by atoms with Gasteiger partial charge in [0.05, 0.1) is 0 Å². The molecule has 0 saturated carbocycles. The molecule has 0 aliphatic heterocycles. The largest absolute Gasteiger partial charge is 0.479 e. The fourth-order valence-corrected chi connectivity index (χ4v) is 2.00. The molecule has 0 fully saturated rings. The summed E-state index contributed by atoms with van der Waals surface area (Å²) in [5.41, 5.74) is 0. The summed E-state index contributed by atoms with van der Waals surface area (Å²) in [5.74, 6) is -1.11. The van der Waals surface area contributed by atoms with Crippen molar-refractivity contribution in [1.82, 2.24) is 0 Å². The zero-order valence-electron chi connectivity index (χ0n) is 12.3. The van der Waals surface area contributed by atoms with Gasteiger partial charge in [-0.2, -0.15) is 0 Å². The number of hydrogen-bond donors (Lipinski definition) is 2. The zero-order valence-corrected chi connectivity index (χ0v) is 12.3. The van der Waals surface area contributed by atoms with Gasteiger partial charge < -0.3 is 10.2 Å². The van der Waals surface area contributed by atoms with Crippen molar-refractivity contribution in [3.8, 4) is 0 Å². The fourth-order valence-electron chi connectivity index (χ4n) is 2.00. The highest BCUT2D eigenvalue weighted by molar-refractivity contribution is 5.71. The summed E-state index contributed by atoms with van der Waals surface area (Å²) in [7, 11) is 0. The Morgan fingerprint density at radius 2 is 1.47 bits per heavy atom. The summed E-state index contributed by atoms with van der Waals surface area (Å²) >= 11 is 0. The molecular formula is C16H30O3. The molecule has 3 heteroatoms. The number of aliphatic hydroxyl groups is 1. The Kier molecular flexibility index (Phi) is 13.0. The second-order valence-corrected chi connectivity index (χ2v) is 5.17. The van der Waals surface area contributed by atoms with Crippen molar-refractivity contribution >= 4 is 5.97 Å². The van der Waals surface area contributed by atoms with Crippen molar-refractivity contribution in [1.29, 1.82) is 0 Å². The van der Waals surface area contributed by atoms with Crippen LogP contribution in [0.25, 0.3) is 0 Å². The topological polar surface area (TPSA) is 57.5 Å². The third-order valence-electron chi connectivity index (χ3n) is 3.27. The van der Waals surface area contributed by atoms with Crippen LogP contribution in [0.3, 0.4) is 0 Å². The van der Waals surface area contributed by atoms with Gasteiger partial charge in [0, 0.05) is 0 Å². The Labute approximate surface area is 117 Å². The van der Waals surface area contributed by atoms with Crippen LogP contribution in [0.1, 0.15) is 77.6 Å². The third kappa shape index (κ3) is 13.4. The molecule has 19 heavy (non-hydrogen) atoms. The lowest BCUT2D eigenvalue weighted by Crippen LogP contribution is -2.18. The second-order valence-electron chi connectivity index (χ2n) is 5.17. The minimum Gasteiger partial charge on any atom is -0.479 e. The van der Waals surface area contributed by atoms with Crippen LogP contribution in [0.5, 0.6) is 0 Å². The van der Waals surface area contributed by atoms with Crippen molar-refractivity contribution in [2.24, 2.45) is 0 Å². The van der Waals surface area contributed by atoms with Crippen molar-refractivity contribution in [2.45, 2.75) is 83.7 Å². The van der Waals surface area contributed by atoms with Gasteiger partial charge in [0.2, 0.25) is 0 Å². The molecular weight excluding hydrogens is 240 g/mol. The Morgan fingerprint density at radius 3 is 2.00 bits per heavy atom. The van der Waals surface area contributed by atoms with Crippen LogP contribution in [-0.2, 0) is 4.79 Å². The molecule has 0 bridgehead atoms. The summed E-state index contributed by atoms with van der Waals surface area (Å²) in [6.45, 7) is 2.23. The summed E-state index contributed by atoms with van der Waals surface area (Å²) in [5, 5.41) is 17.6. The van der Waals surface area contributed by atoms with Crippen LogP contribution >= 0.6 is 0 Å². The van der Waals surface area contributed by atoms with E-state index in [1.54, 1.807) is 0 Å². The first-order valence-corrected chi connectivity index (χ1v) is 7.74. The fraction of sp³-hybridized carbons (Fsp3) is 0.812. The van der Waals surface area contributed by atoms with Gasteiger partial charge >= 0.3 is 5.97 Å². The number of carbonyl (C=O) groups is 1. The van der Waals surface area contributed by atoms with Crippen LogP contribution in [-0.4, -0.2) is 22.3 Å². The molecule has 0 radical (unpaired) electrons. The van der Waals surface area contributed by atoms with Gasteiger partial charge in [-0.15, -0.1) is 0 Å². The molecule has 0 heterocycles. The van der Waals surface area contributed by atoms with E-state index < -0.39 is 12.1 Å². The Hall–Kier alpha value is -0.830. The number of carboxylic acid groups (broad SMARTS) is 1. The summed E-state index contributed by atoms with van der Waals surface area (Å²) in [6, 6.07) is 0. The molecule has 0 aromatic carbocycles. The number of aliphatic hydroxyl groups excluding tert-OH is 1. The molecule has 0 aliphatic rings. The van der Waals surface area contributed by atoms with Crippen LogP contribution in [0.2, 0.25) is 0 Å². The predicted octanol–water partition coefficient (Wildman–Crippen LogP) is 4.30. The van der Waals surface area contributed by atoms with Crippen molar-refractivity contribution < 1.29 is 15.0 Å². The summed E-state index contributed by atoms with van der Waals surface area (Å²) in [6.07, 6.45) is 15.4. The number of carboxylic acids is 1. The average molecular weight is 270 g/mol. The number of unbranched alkanes of at least 4 members (excludes halogenated alkanes) is 8. The summed E-state index contributed by atoms with van der Waals surface area (Å²) in [4.78, 5) is 10.4. The number of hydrogen-bond acceptors (Lipinski definition) is 2. The number of rotatable bonds is 13. The minimum absolute atomic E-state index is 0.378. The summed E-state index contributed by atoms with van der Waals surface area (Å²) < 4.78 is 0. The lowest BCUT2D eigenvalue weighted by Gasteiger charge is -2.04. The van der Waals surface area contributed by atoms with Gasteiger partial charge in [-0.3, -0.25) is 0 Å². The molecule has 0 amide bonds. The molecule has 1 atom stereocenters. The molecule has 112 valence electrons. The van der Waals surface area contributed by atoms with E-state index in [2.05, 4.69) is 19.1 Å². The average Bonchev–Trinajstić information content (AvgIpc) is 2.39. The van der Waals surface area contributed by atoms with Gasteiger partial charge in [-0.05, 0) is 32.1 Å². The highest BCUT2D eigenvalue weighted by Gasteiger charge is 2.11. The first-order valence-electron chi connectivity index (χ1n) is 7.74. The molecule has 2 N–H and O–H groups in total. The van der Waals surface area contributed by atoms with E-state index in [1.807, 2.05) is 0 Å². The van der Waals surface area contributed by atoms with E-state index in [9.17, 15) is 4.79 Å². The smallest absolute Gasteiger partial charge is 0.332 e. The molecule has 0 aliphatic carbocycles. The standard InChI is InChI=1S/C16H30O3/c1-2-3-4-5-6-7-8-9-10-11-12-13-14-15(17)16(18)19/h7-8,15,17H,2-6,9-14H2,1H3,(H,18,19)/b8-7-. The highest BCUT2D eigenvalue weighted by Crippen LogP contribution is 2.09. The van der Waals surface area contributed by atoms with Crippen LogP contribution in [0.4, 0.5) is 0 Å². The van der Waals surface area contributed by atoms with E-state index >= 15 is 0 Å². The predicted molar refractivity (Wildman–Crippen MR) is 79.2 cm³/mol. The van der Waals surface area contributed by atoms with Crippen molar-refractivity contribution in [2.75, 3.05) is 0 Å². The van der Waals surface area contributed by atoms with E-state index in [4.69, 9.17) is 10.2 Å². The molecule has 0 saturated heterocycles. The lowest BCUT2D eigenvalue weighted by atomic mass is 10.1. The van der Waals surface area contributed by atoms with E-state index in [-0.39, 0.29) is 0 Å². The van der Waals surface area contributed by atoms with Gasteiger partial charge in [0.25, 0.3) is 0 Å². The maximum absolute atomic E-state index is 10.4. The quantitative estimate of drug-likeness (QED) is 0.387. The first-order chi connectivity index (χ1) is 9.18. The van der Waals surface area contributed by atoms with Gasteiger partial charge in [-0.1, -0.05) is 57.6 Å². The molecule has 3 nitrogen and oxygen atoms in total. The second kappa shape index (κ2) is 13.6. The van der Waals surface area contributed by atoms with Crippen molar-refractivity contribution in [3.63, 3.8) is 0 Å². The number of aliphatic carboxylic acids is 1. The first kappa shape index (κ1) is 18.2. The zero-order chi connectivity index (χ0) is 14.3. The maximum atomic E-state index is 10.4. The molecule has 1 unspecified atom stereocenters. The molecule has 0 rings (SSSR count). The Balaban J connectivity index is 3.18. The van der Waals surface area contributed by atoms with E-state index in [0.717, 1.165) is 32.1 Å². The molecule has 0 aromatic rings. The van der Waals surface area contributed by atoms with Crippen LogP contribution in [0.15, 0.2) is 12.2 Å². The number of allylic oxidation sites excluding steroid dienone is 2. The third-order valence-corrected chi connectivity index (χ3v) is 3.27. The highest BCUT2D eigenvalue weighted by atomic mass is 16.4. The maximum Gasteiger partial charge on any atom is 0.332 e. The SMILES string of the molecule is CCCCCC/C=C\CCCCCCC(O)C(=O)O. The molecule has 0 aromatic heterocycles. The van der Waals surface area contributed by atoms with Crippen molar-refractivity contribution in [3.05, 3.63) is 12.2 Å². The normalized spacial score (nSPS) is 12.9. The van der Waals surface area contributed by atoms with Crippen LogP contribution < -0.4 is 0 Å². The van der Waals surface area contributed by atoms with Crippen LogP contribution in [0, 0.1) is 0 Å².